The predicted octanol–water partition coefficient (Wildman–Crippen LogP) is 0.754. The lowest BCUT2D eigenvalue weighted by molar-refractivity contribution is 0.169. The summed E-state index contributed by atoms with van der Waals surface area (Å²) in [5.41, 5.74) is 0. The molecule has 0 aliphatic heterocycles. The van der Waals surface area contributed by atoms with Crippen molar-refractivity contribution in [2.24, 2.45) is 0 Å². The van der Waals surface area contributed by atoms with Crippen molar-refractivity contribution >= 4 is 6.09 Å². The summed E-state index contributed by atoms with van der Waals surface area (Å²) in [4.78, 5) is 10.5. The number of terminal acetylenes is 1. The molecule has 0 aromatic heterocycles. The predicted molar refractivity (Wildman–Crippen MR) is 38.5 cm³/mol. The van der Waals surface area contributed by atoms with E-state index in [0.717, 1.165) is 0 Å². The molecule has 1 amide bonds. The second kappa shape index (κ2) is 4.68. The first-order valence-electron chi connectivity index (χ1n) is 3.05. The summed E-state index contributed by atoms with van der Waals surface area (Å²) in [6.45, 7) is 1.89. The molecule has 0 rings (SSSR count). The smallest absolute Gasteiger partial charge is 0.407 e. The van der Waals surface area contributed by atoms with Gasteiger partial charge in [0, 0.05) is 0 Å². The van der Waals surface area contributed by atoms with Crippen molar-refractivity contribution in [2.45, 2.75) is 19.4 Å². The van der Waals surface area contributed by atoms with E-state index >= 15 is 0 Å². The molecule has 0 saturated heterocycles. The fourth-order valence-corrected chi connectivity index (χ4v) is 0.463. The summed E-state index contributed by atoms with van der Waals surface area (Å²) in [6.07, 6.45) is 5.30. The number of carbonyl (C=O) groups excluding carboxylic acids is 1. The highest BCUT2D eigenvalue weighted by molar-refractivity contribution is 5.67. The van der Waals surface area contributed by atoms with Gasteiger partial charge >= 0.3 is 6.09 Å². The summed E-state index contributed by atoms with van der Waals surface area (Å²) < 4.78 is 4.34. The summed E-state index contributed by atoms with van der Waals surface area (Å²) in [7, 11) is 1.30. The Morgan fingerprint density at radius 1 is 1.90 bits per heavy atom. The van der Waals surface area contributed by atoms with Gasteiger partial charge in [-0.2, -0.15) is 0 Å². The summed E-state index contributed by atoms with van der Waals surface area (Å²) in [5.74, 6) is 2.41. The molecule has 56 valence electrons. The number of methoxy groups -OCH3 is 1. The third-order valence-corrected chi connectivity index (χ3v) is 1.09. The largest absolute Gasteiger partial charge is 0.453 e. The highest BCUT2D eigenvalue weighted by Gasteiger charge is 2.04. The first-order chi connectivity index (χ1) is 4.74. The number of carbonyl (C=O) groups is 1. The van der Waals surface area contributed by atoms with Crippen LogP contribution in [0.3, 0.4) is 0 Å². The summed E-state index contributed by atoms with van der Waals surface area (Å²) in [6, 6.07) is -0.215. The molecule has 0 radical (unpaired) electrons. The van der Waals surface area contributed by atoms with E-state index in [2.05, 4.69) is 16.0 Å². The topological polar surface area (TPSA) is 38.3 Å². The molecule has 3 nitrogen and oxygen atoms in total. The number of hydrogen-bond acceptors (Lipinski definition) is 2. The monoisotopic (exact) mass is 141 g/mol. The second-order valence-electron chi connectivity index (χ2n) is 1.76. The Morgan fingerprint density at radius 2 is 2.50 bits per heavy atom. The van der Waals surface area contributed by atoms with Crippen LogP contribution in [0.15, 0.2) is 0 Å². The van der Waals surface area contributed by atoms with E-state index in [-0.39, 0.29) is 6.04 Å². The maximum Gasteiger partial charge on any atom is 0.407 e. The van der Waals surface area contributed by atoms with Gasteiger partial charge in [-0.25, -0.2) is 4.79 Å². The highest BCUT2D eigenvalue weighted by Crippen LogP contribution is 1.87. The van der Waals surface area contributed by atoms with Gasteiger partial charge in [0.2, 0.25) is 0 Å². The highest BCUT2D eigenvalue weighted by atomic mass is 16.5. The Bertz CT molecular complexity index is 148. The van der Waals surface area contributed by atoms with Gasteiger partial charge in [-0.05, 0) is 6.42 Å². The van der Waals surface area contributed by atoms with Crippen LogP contribution in [0, 0.1) is 12.3 Å². The van der Waals surface area contributed by atoms with Gasteiger partial charge in [0.1, 0.15) is 0 Å². The van der Waals surface area contributed by atoms with Crippen LogP contribution in [0.2, 0.25) is 0 Å². The molecule has 0 aliphatic carbocycles. The first-order valence-corrected chi connectivity index (χ1v) is 3.05. The van der Waals surface area contributed by atoms with Crippen LogP contribution in [0.5, 0.6) is 0 Å². The molecule has 3 heteroatoms. The van der Waals surface area contributed by atoms with Crippen LogP contribution in [0.1, 0.15) is 13.3 Å². The van der Waals surface area contributed by atoms with Crippen molar-refractivity contribution in [1.29, 1.82) is 0 Å². The number of ether oxygens (including phenoxy) is 1. The van der Waals surface area contributed by atoms with Crippen molar-refractivity contribution in [2.75, 3.05) is 7.11 Å². The summed E-state index contributed by atoms with van der Waals surface area (Å²) in [5, 5.41) is 2.47. The van der Waals surface area contributed by atoms with E-state index in [9.17, 15) is 4.79 Å². The van der Waals surface area contributed by atoms with Crippen LogP contribution >= 0.6 is 0 Å². The van der Waals surface area contributed by atoms with E-state index in [0.29, 0.717) is 6.42 Å². The molecule has 0 heterocycles. The van der Waals surface area contributed by atoms with Crippen molar-refractivity contribution in [3.63, 3.8) is 0 Å². The molecule has 0 spiro atoms. The standard InChI is InChI=1S/C7H11NO2/c1-4-6(5-2)8-7(9)10-3/h1,6H,5H2,2-3H3,(H,8,9)/t6-/m0/s1. The fraction of sp³-hybridized carbons (Fsp3) is 0.571. The van der Waals surface area contributed by atoms with Crippen molar-refractivity contribution in [1.82, 2.24) is 5.32 Å². The number of alkyl carbamates (subject to hydrolysis) is 1. The quantitative estimate of drug-likeness (QED) is 0.576. The van der Waals surface area contributed by atoms with E-state index < -0.39 is 6.09 Å². The van der Waals surface area contributed by atoms with E-state index in [1.54, 1.807) is 0 Å². The number of hydrogen-bond donors (Lipinski definition) is 1. The normalized spacial score (nSPS) is 11.3. The molecule has 10 heavy (non-hydrogen) atoms. The van der Waals surface area contributed by atoms with Gasteiger partial charge in [0.15, 0.2) is 0 Å². The van der Waals surface area contributed by atoms with Gasteiger partial charge in [0.25, 0.3) is 0 Å². The third-order valence-electron chi connectivity index (χ3n) is 1.09. The molecule has 0 bridgehead atoms. The van der Waals surface area contributed by atoms with E-state index in [1.165, 1.54) is 7.11 Å². The zero-order valence-electron chi connectivity index (χ0n) is 6.18. The van der Waals surface area contributed by atoms with Crippen LogP contribution in [0.4, 0.5) is 4.79 Å². The zero-order valence-corrected chi connectivity index (χ0v) is 6.18. The first kappa shape index (κ1) is 8.83. The molecule has 0 aliphatic rings. The molecule has 0 aromatic carbocycles. The Balaban J connectivity index is 3.66. The maximum atomic E-state index is 10.5. The molecular formula is C7H11NO2. The van der Waals surface area contributed by atoms with Gasteiger partial charge in [-0.3, -0.25) is 0 Å². The van der Waals surface area contributed by atoms with E-state index in [4.69, 9.17) is 6.42 Å². The Morgan fingerprint density at radius 3 is 2.80 bits per heavy atom. The minimum atomic E-state index is -0.482. The van der Waals surface area contributed by atoms with Gasteiger partial charge in [0.05, 0.1) is 13.2 Å². The van der Waals surface area contributed by atoms with Crippen molar-refractivity contribution < 1.29 is 9.53 Å². The molecule has 0 aromatic rings. The Kier molecular flexibility index (Phi) is 4.14. The minimum Gasteiger partial charge on any atom is -0.453 e. The van der Waals surface area contributed by atoms with Crippen molar-refractivity contribution in [3.05, 3.63) is 0 Å². The third kappa shape index (κ3) is 2.98. The average Bonchev–Trinajstić information content (AvgIpc) is 1.99. The SMILES string of the molecule is C#C[C@@H](CC)NC(=O)OC. The minimum absolute atomic E-state index is 0.215. The maximum absolute atomic E-state index is 10.5. The lowest BCUT2D eigenvalue weighted by Gasteiger charge is -2.07. The number of amides is 1. The molecule has 0 unspecified atom stereocenters. The van der Waals surface area contributed by atoms with Gasteiger partial charge in [-0.15, -0.1) is 6.42 Å². The van der Waals surface area contributed by atoms with Gasteiger partial charge in [-0.1, -0.05) is 12.8 Å². The second-order valence-corrected chi connectivity index (χ2v) is 1.76. The van der Waals surface area contributed by atoms with Crippen LogP contribution < -0.4 is 5.32 Å². The lowest BCUT2D eigenvalue weighted by Crippen LogP contribution is -2.32. The average molecular weight is 141 g/mol. The molecular weight excluding hydrogens is 130 g/mol. The molecule has 1 N–H and O–H groups in total. The lowest BCUT2D eigenvalue weighted by atomic mass is 10.2. The molecule has 1 atom stereocenters. The van der Waals surface area contributed by atoms with Crippen LogP contribution in [-0.2, 0) is 4.74 Å². The number of nitrogens with one attached hydrogen (secondary N) is 1. The van der Waals surface area contributed by atoms with Gasteiger partial charge < -0.3 is 10.1 Å². The van der Waals surface area contributed by atoms with Crippen molar-refractivity contribution in [3.8, 4) is 12.3 Å². The number of rotatable bonds is 2. The fourth-order valence-electron chi connectivity index (χ4n) is 0.463. The zero-order chi connectivity index (χ0) is 7.98. The van der Waals surface area contributed by atoms with E-state index in [1.807, 2.05) is 6.92 Å². The molecule has 0 fully saturated rings. The van der Waals surface area contributed by atoms with Crippen LogP contribution in [0.25, 0.3) is 0 Å². The van der Waals surface area contributed by atoms with Crippen LogP contribution in [-0.4, -0.2) is 19.2 Å². The summed E-state index contributed by atoms with van der Waals surface area (Å²) >= 11 is 0. The molecule has 0 saturated carbocycles. The Hall–Kier alpha value is -1.17. The Labute approximate surface area is 60.8 Å².